The lowest BCUT2D eigenvalue weighted by molar-refractivity contribution is 0.109. The second-order valence-corrected chi connectivity index (χ2v) is 7.74. The Morgan fingerprint density at radius 3 is 2.38 bits per heavy atom. The maximum absolute atomic E-state index is 11.4. The maximum Gasteiger partial charge on any atom is 0.150 e. The summed E-state index contributed by atoms with van der Waals surface area (Å²) >= 11 is 0. The Hall–Kier alpha value is -0.130. The van der Waals surface area contributed by atoms with Crippen LogP contribution in [0.5, 0.6) is 0 Å². The number of sulfone groups is 1. The first-order chi connectivity index (χ1) is 7.46. The third kappa shape index (κ3) is 2.96. The zero-order valence-corrected chi connectivity index (χ0v) is 10.7. The predicted molar refractivity (Wildman–Crippen MR) is 65.0 cm³/mol. The lowest BCUT2D eigenvalue weighted by atomic mass is 9.94. The van der Waals surface area contributed by atoms with Gasteiger partial charge in [-0.1, -0.05) is 6.92 Å². The molecule has 5 heteroatoms. The molecule has 2 saturated heterocycles. The molecule has 2 N–H and O–H groups in total. The van der Waals surface area contributed by atoms with Gasteiger partial charge >= 0.3 is 0 Å². The van der Waals surface area contributed by atoms with Gasteiger partial charge in [-0.2, -0.15) is 0 Å². The van der Waals surface area contributed by atoms with E-state index < -0.39 is 9.84 Å². The van der Waals surface area contributed by atoms with Crippen molar-refractivity contribution in [2.24, 2.45) is 11.7 Å². The van der Waals surface area contributed by atoms with Crippen molar-refractivity contribution in [3.63, 3.8) is 0 Å². The summed E-state index contributed by atoms with van der Waals surface area (Å²) in [7, 11) is -2.74. The van der Waals surface area contributed by atoms with Crippen molar-refractivity contribution >= 4 is 9.84 Å². The average Bonchev–Trinajstić information content (AvgIpc) is 2.15. The minimum Gasteiger partial charge on any atom is -0.327 e. The molecule has 0 aliphatic carbocycles. The molecule has 2 aliphatic heterocycles. The highest BCUT2D eigenvalue weighted by Gasteiger charge is 2.31. The number of nitrogens with two attached hydrogens (primary N) is 1. The minimum atomic E-state index is -2.74. The molecule has 2 fully saturated rings. The van der Waals surface area contributed by atoms with Crippen LogP contribution in [-0.2, 0) is 9.84 Å². The molecule has 0 amide bonds. The molecule has 0 aromatic carbocycles. The van der Waals surface area contributed by atoms with Gasteiger partial charge in [-0.3, -0.25) is 4.90 Å². The van der Waals surface area contributed by atoms with E-state index in [1.54, 1.807) is 0 Å². The monoisotopic (exact) mass is 246 g/mol. The summed E-state index contributed by atoms with van der Waals surface area (Å²) in [6, 6.07) is 0.708. The van der Waals surface area contributed by atoms with Crippen LogP contribution in [0.25, 0.3) is 0 Å². The van der Waals surface area contributed by atoms with Crippen molar-refractivity contribution in [1.29, 1.82) is 0 Å². The molecule has 0 saturated carbocycles. The van der Waals surface area contributed by atoms with Gasteiger partial charge in [0.05, 0.1) is 11.5 Å². The quantitative estimate of drug-likeness (QED) is 0.719. The fourth-order valence-electron chi connectivity index (χ4n) is 2.98. The second-order valence-electron chi connectivity index (χ2n) is 5.44. The van der Waals surface area contributed by atoms with E-state index in [0.29, 0.717) is 23.5 Å². The van der Waals surface area contributed by atoms with E-state index in [1.807, 2.05) is 0 Å². The Labute approximate surface area is 98.1 Å². The number of likely N-dealkylation sites (tertiary alicyclic amines) is 1. The van der Waals surface area contributed by atoms with Crippen LogP contribution in [0.2, 0.25) is 0 Å². The molecule has 0 radical (unpaired) electrons. The Morgan fingerprint density at radius 2 is 1.81 bits per heavy atom. The van der Waals surface area contributed by atoms with E-state index in [1.165, 1.54) is 0 Å². The largest absolute Gasteiger partial charge is 0.327 e. The lowest BCUT2D eigenvalue weighted by Gasteiger charge is -2.41. The van der Waals surface area contributed by atoms with Crippen LogP contribution >= 0.6 is 0 Å². The van der Waals surface area contributed by atoms with Crippen molar-refractivity contribution in [3.05, 3.63) is 0 Å². The van der Waals surface area contributed by atoms with E-state index >= 15 is 0 Å². The van der Waals surface area contributed by atoms with Crippen molar-refractivity contribution < 1.29 is 8.42 Å². The fraction of sp³-hybridized carbons (Fsp3) is 1.00. The normalized spacial score (nSPS) is 37.4. The molecule has 0 bridgehead atoms. The summed E-state index contributed by atoms with van der Waals surface area (Å²) in [5.41, 5.74) is 6.02. The summed E-state index contributed by atoms with van der Waals surface area (Å²) < 4.78 is 22.7. The molecule has 2 atom stereocenters. The van der Waals surface area contributed by atoms with Crippen molar-refractivity contribution in [3.8, 4) is 0 Å². The van der Waals surface area contributed by atoms with Gasteiger partial charge in [0.1, 0.15) is 9.84 Å². The first-order valence-corrected chi connectivity index (χ1v) is 7.98. The minimum absolute atomic E-state index is 0.266. The Morgan fingerprint density at radius 1 is 1.19 bits per heavy atom. The van der Waals surface area contributed by atoms with Crippen molar-refractivity contribution in [2.75, 3.05) is 24.6 Å². The van der Waals surface area contributed by atoms with Gasteiger partial charge in [0.2, 0.25) is 0 Å². The zero-order valence-electron chi connectivity index (χ0n) is 9.93. The van der Waals surface area contributed by atoms with Crippen molar-refractivity contribution in [2.45, 2.75) is 38.3 Å². The van der Waals surface area contributed by atoms with Gasteiger partial charge in [0.25, 0.3) is 0 Å². The van der Waals surface area contributed by atoms with Crippen LogP contribution in [0, 0.1) is 5.92 Å². The van der Waals surface area contributed by atoms with Crippen LogP contribution in [0.1, 0.15) is 26.2 Å². The standard InChI is InChI=1S/C11H22N2O2S/c1-9-6-10(12)8-13(7-9)11-2-4-16(14,15)5-3-11/h9-11H,2-8,12H2,1H3. The van der Waals surface area contributed by atoms with Crippen LogP contribution in [0.3, 0.4) is 0 Å². The zero-order chi connectivity index (χ0) is 11.8. The van der Waals surface area contributed by atoms with Gasteiger partial charge in [-0.25, -0.2) is 8.42 Å². The van der Waals surface area contributed by atoms with Crippen LogP contribution in [0.4, 0.5) is 0 Å². The third-order valence-corrected chi connectivity index (χ3v) is 5.48. The van der Waals surface area contributed by atoms with Crippen molar-refractivity contribution in [1.82, 2.24) is 4.90 Å². The molecular formula is C11H22N2O2S. The van der Waals surface area contributed by atoms with E-state index in [4.69, 9.17) is 5.73 Å². The van der Waals surface area contributed by atoms with Crippen LogP contribution in [0.15, 0.2) is 0 Å². The lowest BCUT2D eigenvalue weighted by Crippen LogP contribution is -2.52. The number of rotatable bonds is 1. The SMILES string of the molecule is CC1CC(N)CN(C2CCS(=O)(=O)CC2)C1. The molecule has 0 aromatic heterocycles. The Bertz CT molecular complexity index is 318. The highest BCUT2D eigenvalue weighted by molar-refractivity contribution is 7.91. The summed E-state index contributed by atoms with van der Waals surface area (Å²) in [6.45, 7) is 4.25. The van der Waals surface area contributed by atoms with E-state index in [0.717, 1.165) is 32.4 Å². The number of nitrogens with zero attached hydrogens (tertiary/aromatic N) is 1. The molecule has 4 nitrogen and oxygen atoms in total. The van der Waals surface area contributed by atoms with E-state index in [2.05, 4.69) is 11.8 Å². The van der Waals surface area contributed by atoms with E-state index in [9.17, 15) is 8.42 Å². The van der Waals surface area contributed by atoms with Crippen LogP contribution in [-0.4, -0.2) is 50.0 Å². The number of piperidine rings is 1. The van der Waals surface area contributed by atoms with Crippen LogP contribution < -0.4 is 5.73 Å². The molecule has 2 rings (SSSR count). The second kappa shape index (κ2) is 4.63. The molecule has 0 aromatic rings. The predicted octanol–water partition coefficient (Wildman–Crippen LogP) is 0.233. The molecule has 94 valence electrons. The first-order valence-electron chi connectivity index (χ1n) is 6.16. The molecule has 2 aliphatic rings. The van der Waals surface area contributed by atoms with E-state index in [-0.39, 0.29) is 6.04 Å². The molecule has 2 unspecified atom stereocenters. The summed E-state index contributed by atoms with van der Waals surface area (Å²) in [5, 5.41) is 0. The summed E-state index contributed by atoms with van der Waals surface area (Å²) in [6.07, 6.45) is 2.69. The molecule has 0 spiro atoms. The summed E-state index contributed by atoms with van der Waals surface area (Å²) in [5.74, 6) is 1.36. The Balaban J connectivity index is 1.93. The van der Waals surface area contributed by atoms with Gasteiger partial charge < -0.3 is 5.73 Å². The smallest absolute Gasteiger partial charge is 0.150 e. The molecular weight excluding hydrogens is 224 g/mol. The highest BCUT2D eigenvalue weighted by atomic mass is 32.2. The topological polar surface area (TPSA) is 63.4 Å². The van der Waals surface area contributed by atoms with Gasteiger partial charge in [0, 0.05) is 25.2 Å². The molecule has 2 heterocycles. The van der Waals surface area contributed by atoms with Gasteiger partial charge in [-0.15, -0.1) is 0 Å². The third-order valence-electron chi connectivity index (χ3n) is 3.76. The highest BCUT2D eigenvalue weighted by Crippen LogP contribution is 2.23. The maximum atomic E-state index is 11.4. The summed E-state index contributed by atoms with van der Waals surface area (Å²) in [4.78, 5) is 2.41. The average molecular weight is 246 g/mol. The Kier molecular flexibility index (Phi) is 3.56. The number of hydrogen-bond donors (Lipinski definition) is 1. The molecule has 16 heavy (non-hydrogen) atoms. The first kappa shape index (κ1) is 12.3. The number of hydrogen-bond acceptors (Lipinski definition) is 4. The van der Waals surface area contributed by atoms with Gasteiger partial charge in [-0.05, 0) is 25.2 Å². The van der Waals surface area contributed by atoms with Gasteiger partial charge in [0.15, 0.2) is 0 Å². The fourth-order valence-corrected chi connectivity index (χ4v) is 4.45.